The van der Waals surface area contributed by atoms with Gasteiger partial charge in [-0.3, -0.25) is 0 Å². The van der Waals surface area contributed by atoms with Crippen LogP contribution < -0.4 is 9.46 Å². The summed E-state index contributed by atoms with van der Waals surface area (Å²) >= 11 is 1.38. The zero-order chi connectivity index (χ0) is 19.6. The summed E-state index contributed by atoms with van der Waals surface area (Å²) in [5.74, 6) is 0.777. The molecule has 4 heteroatoms. The van der Waals surface area contributed by atoms with Gasteiger partial charge >= 0.3 is 0 Å². The summed E-state index contributed by atoms with van der Waals surface area (Å²) < 4.78 is 8.95. The van der Waals surface area contributed by atoms with Crippen molar-refractivity contribution < 1.29 is 9.84 Å². The molecule has 1 aliphatic rings. The van der Waals surface area contributed by atoms with Gasteiger partial charge < -0.3 is 9.84 Å². The van der Waals surface area contributed by atoms with Gasteiger partial charge in [-0.25, -0.2) is 4.72 Å². The molecule has 0 aromatic heterocycles. The van der Waals surface area contributed by atoms with E-state index in [1.54, 1.807) is 6.08 Å². The smallest absolute Gasteiger partial charge is 0.171 e. The van der Waals surface area contributed by atoms with Gasteiger partial charge in [-0.2, -0.15) is 0 Å². The predicted molar refractivity (Wildman–Crippen MR) is 116 cm³/mol. The molecule has 2 N–H and O–H groups in total. The quantitative estimate of drug-likeness (QED) is 0.569. The van der Waals surface area contributed by atoms with Gasteiger partial charge in [0.15, 0.2) is 5.72 Å². The van der Waals surface area contributed by atoms with Gasteiger partial charge in [-0.15, -0.1) is 0 Å². The number of ether oxygens (including phenoxy) is 1. The second-order valence-electron chi connectivity index (χ2n) is 7.07. The zero-order valence-electron chi connectivity index (χ0n) is 16.0. The van der Waals surface area contributed by atoms with Crippen molar-refractivity contribution in [3.8, 4) is 16.9 Å². The van der Waals surface area contributed by atoms with Crippen LogP contribution in [0.2, 0.25) is 0 Å². The van der Waals surface area contributed by atoms with Gasteiger partial charge in [0.05, 0.1) is 0 Å². The first-order valence-electron chi connectivity index (χ1n) is 9.27. The lowest BCUT2D eigenvalue weighted by Crippen LogP contribution is -2.32. The SMILES string of the molecule is Cc1cccc(C)c1-c1cccc(COc2ccc(C3(O)C=CSN3)cc2)c1. The molecule has 1 unspecified atom stereocenters. The lowest BCUT2D eigenvalue weighted by atomic mass is 9.95. The van der Waals surface area contributed by atoms with Crippen LogP contribution in [0.15, 0.2) is 78.2 Å². The Labute approximate surface area is 170 Å². The molecule has 0 saturated heterocycles. The topological polar surface area (TPSA) is 41.5 Å². The van der Waals surface area contributed by atoms with E-state index >= 15 is 0 Å². The fourth-order valence-corrected chi connectivity index (χ4v) is 4.20. The molecule has 1 heterocycles. The monoisotopic (exact) mass is 389 g/mol. The number of nitrogens with one attached hydrogen (secondary N) is 1. The molecule has 1 atom stereocenters. The first-order chi connectivity index (χ1) is 13.5. The van der Waals surface area contributed by atoms with E-state index in [0.29, 0.717) is 6.61 Å². The first kappa shape index (κ1) is 18.8. The van der Waals surface area contributed by atoms with Gasteiger partial charge in [0.25, 0.3) is 0 Å². The molecule has 0 spiro atoms. The van der Waals surface area contributed by atoms with E-state index in [9.17, 15) is 5.11 Å². The van der Waals surface area contributed by atoms with Crippen molar-refractivity contribution in [2.45, 2.75) is 26.2 Å². The molecular weight excluding hydrogens is 366 g/mol. The van der Waals surface area contributed by atoms with Crippen molar-refractivity contribution in [1.82, 2.24) is 4.72 Å². The highest BCUT2D eigenvalue weighted by Crippen LogP contribution is 2.30. The minimum absolute atomic E-state index is 0.496. The highest BCUT2D eigenvalue weighted by molar-refractivity contribution is 8.00. The lowest BCUT2D eigenvalue weighted by molar-refractivity contribution is 0.0838. The van der Waals surface area contributed by atoms with Crippen LogP contribution in [0.4, 0.5) is 0 Å². The second kappa shape index (κ2) is 7.84. The molecule has 0 amide bonds. The summed E-state index contributed by atoms with van der Waals surface area (Å²) in [4.78, 5) is 0. The van der Waals surface area contributed by atoms with Crippen LogP contribution in [0.1, 0.15) is 22.3 Å². The Balaban J connectivity index is 1.48. The van der Waals surface area contributed by atoms with Gasteiger partial charge in [-0.1, -0.05) is 60.5 Å². The standard InChI is InChI=1S/C24H23NO2S/c1-17-5-3-6-18(2)23(17)20-8-4-7-19(15-20)16-27-22-11-9-21(10-12-22)24(26)13-14-28-25-24/h3-15,25-26H,16H2,1-2H3. The van der Waals surface area contributed by atoms with Gasteiger partial charge in [0, 0.05) is 5.56 Å². The van der Waals surface area contributed by atoms with E-state index in [1.807, 2.05) is 29.7 Å². The van der Waals surface area contributed by atoms with Crippen LogP contribution in [0.5, 0.6) is 5.75 Å². The molecule has 142 valence electrons. The summed E-state index contributed by atoms with van der Waals surface area (Å²) in [5.41, 5.74) is 5.86. The van der Waals surface area contributed by atoms with E-state index in [2.05, 4.69) is 61.0 Å². The molecule has 0 aliphatic carbocycles. The summed E-state index contributed by atoms with van der Waals surface area (Å²) in [6.07, 6.45) is 1.74. The van der Waals surface area contributed by atoms with Crippen molar-refractivity contribution in [1.29, 1.82) is 0 Å². The van der Waals surface area contributed by atoms with Crippen molar-refractivity contribution in [2.24, 2.45) is 0 Å². The molecule has 0 bridgehead atoms. The molecule has 4 rings (SSSR count). The minimum Gasteiger partial charge on any atom is -0.489 e. The van der Waals surface area contributed by atoms with Crippen molar-refractivity contribution in [2.75, 3.05) is 0 Å². The van der Waals surface area contributed by atoms with Crippen molar-refractivity contribution in [3.63, 3.8) is 0 Å². The summed E-state index contributed by atoms with van der Waals surface area (Å²) in [6.45, 7) is 4.79. The Hall–Kier alpha value is -2.53. The van der Waals surface area contributed by atoms with Crippen LogP contribution >= 0.6 is 11.9 Å². The number of aliphatic hydroxyl groups is 1. The fourth-order valence-electron chi connectivity index (χ4n) is 3.50. The molecule has 0 saturated carbocycles. The Morgan fingerprint density at radius 2 is 1.68 bits per heavy atom. The predicted octanol–water partition coefficient (Wildman–Crippen LogP) is 5.46. The second-order valence-corrected chi connectivity index (χ2v) is 7.78. The highest BCUT2D eigenvalue weighted by Gasteiger charge is 2.28. The normalized spacial score (nSPS) is 18.4. The van der Waals surface area contributed by atoms with Gasteiger partial charge in [-0.05, 0) is 71.3 Å². The van der Waals surface area contributed by atoms with Gasteiger partial charge in [0.1, 0.15) is 12.4 Å². The summed E-state index contributed by atoms with van der Waals surface area (Å²) in [6, 6.07) is 22.4. The summed E-state index contributed by atoms with van der Waals surface area (Å²) in [7, 11) is 0. The molecular formula is C24H23NO2S. The van der Waals surface area contributed by atoms with E-state index in [4.69, 9.17) is 4.74 Å². The average Bonchev–Trinajstić information content (AvgIpc) is 3.15. The molecule has 3 nitrogen and oxygen atoms in total. The van der Waals surface area contributed by atoms with E-state index < -0.39 is 5.72 Å². The third kappa shape index (κ3) is 3.85. The fraction of sp³-hybridized carbons (Fsp3) is 0.167. The number of benzene rings is 3. The van der Waals surface area contributed by atoms with Crippen LogP contribution in [0, 0.1) is 13.8 Å². The third-order valence-corrected chi connectivity index (χ3v) is 5.69. The Morgan fingerprint density at radius 3 is 2.36 bits per heavy atom. The van der Waals surface area contributed by atoms with Crippen molar-refractivity contribution >= 4 is 11.9 Å². The number of hydrogen-bond acceptors (Lipinski definition) is 4. The van der Waals surface area contributed by atoms with E-state index in [-0.39, 0.29) is 0 Å². The number of aryl methyl sites for hydroxylation is 2. The zero-order valence-corrected chi connectivity index (χ0v) is 16.8. The molecule has 0 radical (unpaired) electrons. The van der Waals surface area contributed by atoms with Crippen LogP contribution in [-0.4, -0.2) is 5.11 Å². The molecule has 1 aliphatic heterocycles. The first-order valence-corrected chi connectivity index (χ1v) is 10.1. The van der Waals surface area contributed by atoms with E-state index in [0.717, 1.165) is 16.9 Å². The Morgan fingerprint density at radius 1 is 0.964 bits per heavy atom. The number of hydrogen-bond donors (Lipinski definition) is 2. The highest BCUT2D eigenvalue weighted by atomic mass is 32.2. The Bertz CT molecular complexity index is 993. The molecule has 0 fully saturated rings. The van der Waals surface area contributed by atoms with Crippen LogP contribution in [-0.2, 0) is 12.3 Å². The van der Waals surface area contributed by atoms with Crippen LogP contribution in [0.25, 0.3) is 11.1 Å². The third-order valence-electron chi connectivity index (χ3n) is 4.99. The maximum Gasteiger partial charge on any atom is 0.171 e. The number of rotatable bonds is 5. The lowest BCUT2D eigenvalue weighted by Gasteiger charge is -2.21. The minimum atomic E-state index is -1.11. The average molecular weight is 390 g/mol. The summed E-state index contributed by atoms with van der Waals surface area (Å²) in [5, 5.41) is 12.3. The molecule has 3 aromatic rings. The maximum absolute atomic E-state index is 10.5. The van der Waals surface area contributed by atoms with Crippen LogP contribution in [0.3, 0.4) is 0 Å². The largest absolute Gasteiger partial charge is 0.489 e. The molecule has 3 aromatic carbocycles. The van der Waals surface area contributed by atoms with Gasteiger partial charge in [0.2, 0.25) is 0 Å². The van der Waals surface area contributed by atoms with E-state index in [1.165, 1.54) is 34.2 Å². The Kier molecular flexibility index (Phi) is 5.27. The van der Waals surface area contributed by atoms with Crippen molar-refractivity contribution in [3.05, 3.63) is 100 Å². The molecule has 28 heavy (non-hydrogen) atoms. The maximum atomic E-state index is 10.5.